The van der Waals surface area contributed by atoms with Crippen LogP contribution in [0.4, 0.5) is 0 Å². The van der Waals surface area contributed by atoms with Gasteiger partial charge in [0.15, 0.2) is 0 Å². The van der Waals surface area contributed by atoms with Gasteiger partial charge in [-0.3, -0.25) is 0 Å². The van der Waals surface area contributed by atoms with Gasteiger partial charge in [-0.05, 0) is 59.8 Å². The molecule has 0 aliphatic heterocycles. The Morgan fingerprint density at radius 1 is 0.850 bits per heavy atom. The van der Waals surface area contributed by atoms with Crippen LogP contribution in [0.5, 0.6) is 0 Å². The lowest BCUT2D eigenvalue weighted by Crippen LogP contribution is -2.11. The van der Waals surface area contributed by atoms with Gasteiger partial charge in [-0.25, -0.2) is 0 Å². The molecule has 0 aromatic heterocycles. The summed E-state index contributed by atoms with van der Waals surface area (Å²) in [5.41, 5.74) is 2.78. The lowest BCUT2D eigenvalue weighted by atomic mass is 9.97. The van der Waals surface area contributed by atoms with E-state index in [9.17, 15) is 0 Å². The highest BCUT2D eigenvalue weighted by molar-refractivity contribution is 6.07. The highest BCUT2D eigenvalue weighted by Crippen LogP contribution is 2.28. The van der Waals surface area contributed by atoms with E-state index >= 15 is 0 Å². The zero-order valence-electron chi connectivity index (χ0n) is 12.2. The third kappa shape index (κ3) is 2.65. The molecule has 0 aliphatic carbocycles. The first-order chi connectivity index (χ1) is 9.15. The molecule has 20 heavy (non-hydrogen) atoms. The highest BCUT2D eigenvalue weighted by Gasteiger charge is 2.05. The van der Waals surface area contributed by atoms with Gasteiger partial charge >= 0.3 is 0 Å². The van der Waals surface area contributed by atoms with Crippen molar-refractivity contribution in [2.24, 2.45) is 0 Å². The van der Waals surface area contributed by atoms with E-state index in [2.05, 4.69) is 74.4 Å². The molecule has 0 atom stereocenters. The second-order valence-corrected chi connectivity index (χ2v) is 5.52. The van der Waals surface area contributed by atoms with Gasteiger partial charge in [0.05, 0.1) is 0 Å². The highest BCUT2D eigenvalue weighted by atomic mass is 35.5. The predicted molar refractivity (Wildman–Crippen MR) is 90.8 cm³/mol. The van der Waals surface area contributed by atoms with Crippen molar-refractivity contribution in [2.45, 2.75) is 13.5 Å². The summed E-state index contributed by atoms with van der Waals surface area (Å²) in [6.45, 7) is 3.19. The van der Waals surface area contributed by atoms with E-state index in [1.54, 1.807) is 0 Å². The van der Waals surface area contributed by atoms with Crippen molar-refractivity contribution < 1.29 is 0 Å². The maximum atomic E-state index is 2.35. The van der Waals surface area contributed by atoms with E-state index in [1.807, 2.05) is 0 Å². The Balaban J connectivity index is 0.00000147. The molecule has 104 valence electrons. The molecule has 0 heterocycles. The summed E-state index contributed by atoms with van der Waals surface area (Å²) in [7, 11) is 4.24. The van der Waals surface area contributed by atoms with Crippen LogP contribution in [0.3, 0.4) is 0 Å². The molecule has 0 radical (unpaired) electrons. The third-order valence-corrected chi connectivity index (χ3v) is 3.69. The Morgan fingerprint density at radius 2 is 1.55 bits per heavy atom. The monoisotopic (exact) mass is 285 g/mol. The topological polar surface area (TPSA) is 3.24 Å². The van der Waals surface area contributed by atoms with Gasteiger partial charge in [0.25, 0.3) is 0 Å². The molecule has 0 saturated heterocycles. The Kier molecular flexibility index (Phi) is 4.32. The molecule has 0 saturated carbocycles. The van der Waals surface area contributed by atoms with E-state index < -0.39 is 0 Å². The first-order valence-electron chi connectivity index (χ1n) is 6.71. The van der Waals surface area contributed by atoms with E-state index in [0.29, 0.717) is 0 Å². The molecular weight excluding hydrogens is 266 g/mol. The lowest BCUT2D eigenvalue weighted by molar-refractivity contribution is 0.402. The maximum Gasteiger partial charge on any atom is 0.0230 e. The van der Waals surface area contributed by atoms with Gasteiger partial charge in [-0.2, -0.15) is 0 Å². The molecule has 0 unspecified atom stereocenters. The van der Waals surface area contributed by atoms with Crippen LogP contribution in [0.25, 0.3) is 21.5 Å². The van der Waals surface area contributed by atoms with Crippen molar-refractivity contribution in [3.05, 3.63) is 59.7 Å². The fourth-order valence-electron chi connectivity index (χ4n) is 2.72. The standard InChI is InChI=1S/C18H19N.ClH/c1-13-10-15-9-8-14-6-4-5-7-17(14)18(15)11-16(13)12-19(2)3;/h4-11H,12H2,1-3H3;1H. The van der Waals surface area contributed by atoms with Gasteiger partial charge in [0, 0.05) is 6.54 Å². The summed E-state index contributed by atoms with van der Waals surface area (Å²) in [5, 5.41) is 5.36. The first kappa shape index (κ1) is 14.8. The van der Waals surface area contributed by atoms with Crippen LogP contribution in [-0.4, -0.2) is 19.0 Å². The Bertz CT molecular complexity index is 747. The number of nitrogens with zero attached hydrogens (tertiary/aromatic N) is 1. The van der Waals surface area contributed by atoms with Gasteiger partial charge in [0.1, 0.15) is 0 Å². The number of hydrogen-bond donors (Lipinski definition) is 0. The molecule has 1 nitrogen and oxygen atoms in total. The minimum Gasteiger partial charge on any atom is -0.305 e. The van der Waals surface area contributed by atoms with Crippen molar-refractivity contribution >= 4 is 34.0 Å². The molecule has 0 amide bonds. The zero-order valence-corrected chi connectivity index (χ0v) is 13.0. The normalized spacial score (nSPS) is 11.0. The second-order valence-electron chi connectivity index (χ2n) is 5.52. The summed E-state index contributed by atoms with van der Waals surface area (Å²) in [4.78, 5) is 2.22. The van der Waals surface area contributed by atoms with Crippen LogP contribution >= 0.6 is 12.4 Å². The summed E-state index contributed by atoms with van der Waals surface area (Å²) < 4.78 is 0. The van der Waals surface area contributed by atoms with Crippen LogP contribution in [-0.2, 0) is 6.54 Å². The van der Waals surface area contributed by atoms with Crippen LogP contribution in [0.15, 0.2) is 48.5 Å². The zero-order chi connectivity index (χ0) is 13.4. The smallest absolute Gasteiger partial charge is 0.0230 e. The Labute approximate surface area is 126 Å². The largest absolute Gasteiger partial charge is 0.305 e. The SMILES string of the molecule is Cc1cc2ccc3ccccc3c2cc1CN(C)C.Cl. The average molecular weight is 286 g/mol. The van der Waals surface area contributed by atoms with Crippen molar-refractivity contribution in [1.29, 1.82) is 0 Å². The van der Waals surface area contributed by atoms with E-state index in [1.165, 1.54) is 32.7 Å². The van der Waals surface area contributed by atoms with Crippen LogP contribution < -0.4 is 0 Å². The van der Waals surface area contributed by atoms with Crippen molar-refractivity contribution in [3.8, 4) is 0 Å². The van der Waals surface area contributed by atoms with E-state index in [4.69, 9.17) is 0 Å². The number of hydrogen-bond acceptors (Lipinski definition) is 1. The quantitative estimate of drug-likeness (QED) is 0.612. The molecule has 0 spiro atoms. The maximum absolute atomic E-state index is 2.35. The number of halogens is 1. The molecule has 3 aromatic rings. The summed E-state index contributed by atoms with van der Waals surface area (Å²) >= 11 is 0. The molecule has 2 heteroatoms. The Morgan fingerprint density at radius 3 is 2.30 bits per heavy atom. The number of fused-ring (bicyclic) bond motifs is 3. The van der Waals surface area contributed by atoms with Gasteiger partial charge < -0.3 is 4.90 Å². The van der Waals surface area contributed by atoms with E-state index in [0.717, 1.165) is 6.54 Å². The molecule has 3 rings (SSSR count). The molecule has 0 N–H and O–H groups in total. The lowest BCUT2D eigenvalue weighted by Gasteiger charge is -2.14. The van der Waals surface area contributed by atoms with Gasteiger partial charge in [-0.1, -0.05) is 42.5 Å². The number of benzene rings is 3. The van der Waals surface area contributed by atoms with Gasteiger partial charge in [-0.15, -0.1) is 12.4 Å². The van der Waals surface area contributed by atoms with E-state index in [-0.39, 0.29) is 12.4 Å². The fourth-order valence-corrected chi connectivity index (χ4v) is 2.72. The second kappa shape index (κ2) is 5.82. The van der Waals surface area contributed by atoms with Crippen LogP contribution in [0.2, 0.25) is 0 Å². The van der Waals surface area contributed by atoms with Crippen molar-refractivity contribution in [3.63, 3.8) is 0 Å². The van der Waals surface area contributed by atoms with Crippen LogP contribution in [0.1, 0.15) is 11.1 Å². The average Bonchev–Trinajstić information content (AvgIpc) is 2.39. The van der Waals surface area contributed by atoms with Crippen molar-refractivity contribution in [2.75, 3.05) is 14.1 Å². The molecule has 0 bridgehead atoms. The summed E-state index contributed by atoms with van der Waals surface area (Å²) in [6, 6.07) is 17.7. The predicted octanol–water partition coefficient (Wildman–Crippen LogP) is 4.78. The minimum absolute atomic E-state index is 0. The minimum atomic E-state index is 0. The fraction of sp³-hybridized carbons (Fsp3) is 0.222. The number of rotatable bonds is 2. The molecular formula is C18H20ClN. The number of aryl methyl sites for hydroxylation is 1. The summed E-state index contributed by atoms with van der Waals surface area (Å²) in [6.07, 6.45) is 0. The van der Waals surface area contributed by atoms with Gasteiger partial charge in [0.2, 0.25) is 0 Å². The third-order valence-electron chi connectivity index (χ3n) is 3.69. The molecule has 3 aromatic carbocycles. The molecule has 0 aliphatic rings. The Hall–Kier alpha value is -1.57. The van der Waals surface area contributed by atoms with Crippen LogP contribution in [0, 0.1) is 6.92 Å². The van der Waals surface area contributed by atoms with Crippen molar-refractivity contribution in [1.82, 2.24) is 4.90 Å². The first-order valence-corrected chi connectivity index (χ1v) is 6.71. The molecule has 0 fully saturated rings. The summed E-state index contributed by atoms with van der Waals surface area (Å²) in [5.74, 6) is 0.